The van der Waals surface area contributed by atoms with Crippen LogP contribution in [0.5, 0.6) is 11.5 Å². The van der Waals surface area contributed by atoms with Crippen molar-refractivity contribution in [2.45, 2.75) is 0 Å². The number of rotatable bonds is 1. The van der Waals surface area contributed by atoms with Crippen molar-refractivity contribution in [3.63, 3.8) is 0 Å². The highest BCUT2D eigenvalue weighted by Gasteiger charge is 2.17. The van der Waals surface area contributed by atoms with Crippen molar-refractivity contribution in [1.82, 2.24) is 0 Å². The van der Waals surface area contributed by atoms with Gasteiger partial charge in [-0.1, -0.05) is 0 Å². The second kappa shape index (κ2) is 5.17. The summed E-state index contributed by atoms with van der Waals surface area (Å²) in [7, 11) is 0. The van der Waals surface area contributed by atoms with E-state index in [0.717, 1.165) is 5.69 Å². The van der Waals surface area contributed by atoms with E-state index < -0.39 is 0 Å². The molecule has 1 aliphatic rings. The van der Waals surface area contributed by atoms with Crippen LogP contribution in [0.4, 0.5) is 5.69 Å². The van der Waals surface area contributed by atoms with Gasteiger partial charge < -0.3 is 24.3 Å². The number of phenols is 2. The zero-order valence-electron chi connectivity index (χ0n) is 12.3. The molecule has 0 amide bonds. The van der Waals surface area contributed by atoms with Gasteiger partial charge in [-0.25, -0.2) is 0 Å². The van der Waals surface area contributed by atoms with Crippen molar-refractivity contribution in [2.24, 2.45) is 0 Å². The monoisotopic (exact) mass is 313 g/mol. The molecule has 1 saturated heterocycles. The molecule has 0 saturated carbocycles. The minimum Gasteiger partial charge on any atom is -0.508 e. The molecule has 4 rings (SSSR count). The summed E-state index contributed by atoms with van der Waals surface area (Å²) in [6.45, 7) is 2.66. The van der Waals surface area contributed by atoms with Crippen molar-refractivity contribution in [3.05, 3.63) is 40.6 Å². The molecule has 0 aliphatic carbocycles. The quantitative estimate of drug-likeness (QED) is 0.670. The number of morpholine rings is 1. The van der Waals surface area contributed by atoms with Gasteiger partial charge in [-0.3, -0.25) is 4.79 Å². The Bertz CT molecular complexity index is 956. The Balaban J connectivity index is 1.97. The van der Waals surface area contributed by atoms with Gasteiger partial charge in [0.15, 0.2) is 0 Å². The Morgan fingerprint density at radius 1 is 1.00 bits per heavy atom. The predicted octanol–water partition coefficient (Wildman–Crippen LogP) is 2.19. The van der Waals surface area contributed by atoms with E-state index in [1.54, 1.807) is 12.1 Å². The van der Waals surface area contributed by atoms with E-state index in [1.165, 1.54) is 18.2 Å². The third-order valence-corrected chi connectivity index (χ3v) is 4.10. The molecule has 2 N–H and O–H groups in total. The van der Waals surface area contributed by atoms with Crippen LogP contribution in [0.15, 0.2) is 39.5 Å². The molecule has 3 aromatic rings. The molecular formula is C17H15NO5. The fourth-order valence-electron chi connectivity index (χ4n) is 2.94. The van der Waals surface area contributed by atoms with E-state index in [2.05, 4.69) is 4.90 Å². The molecule has 23 heavy (non-hydrogen) atoms. The first-order valence-corrected chi connectivity index (χ1v) is 7.39. The lowest BCUT2D eigenvalue weighted by atomic mass is 10.1. The number of anilines is 1. The van der Waals surface area contributed by atoms with Crippen molar-refractivity contribution < 1.29 is 19.4 Å². The van der Waals surface area contributed by atoms with E-state index >= 15 is 0 Å². The summed E-state index contributed by atoms with van der Waals surface area (Å²) in [4.78, 5) is 14.6. The second-order valence-corrected chi connectivity index (χ2v) is 5.55. The number of hydrogen-bond donors (Lipinski definition) is 2. The number of fused-ring (bicyclic) bond motifs is 2. The van der Waals surface area contributed by atoms with Gasteiger partial charge >= 0.3 is 0 Å². The Morgan fingerprint density at radius 2 is 1.78 bits per heavy atom. The van der Waals surface area contributed by atoms with Gasteiger partial charge in [0.05, 0.1) is 18.6 Å². The molecule has 0 atom stereocenters. The third-order valence-electron chi connectivity index (χ3n) is 4.10. The van der Waals surface area contributed by atoms with Crippen LogP contribution in [0.2, 0.25) is 0 Å². The highest BCUT2D eigenvalue weighted by Crippen LogP contribution is 2.32. The highest BCUT2D eigenvalue weighted by atomic mass is 16.5. The zero-order chi connectivity index (χ0) is 16.0. The Morgan fingerprint density at radius 3 is 2.57 bits per heavy atom. The first-order chi connectivity index (χ1) is 11.1. The SMILES string of the molecule is O=c1c2ccc(O)cc2oc2cc(N3CCOCC3)cc(O)c12. The average Bonchev–Trinajstić information content (AvgIpc) is 2.55. The summed E-state index contributed by atoms with van der Waals surface area (Å²) < 4.78 is 11.1. The van der Waals surface area contributed by atoms with E-state index in [0.29, 0.717) is 42.9 Å². The highest BCUT2D eigenvalue weighted by molar-refractivity contribution is 5.95. The van der Waals surface area contributed by atoms with E-state index in [-0.39, 0.29) is 22.3 Å². The van der Waals surface area contributed by atoms with E-state index in [4.69, 9.17) is 9.15 Å². The number of hydrogen-bond acceptors (Lipinski definition) is 6. The van der Waals surface area contributed by atoms with Crippen LogP contribution in [-0.2, 0) is 4.74 Å². The minimum atomic E-state index is -0.313. The zero-order valence-corrected chi connectivity index (χ0v) is 12.3. The van der Waals surface area contributed by atoms with Gasteiger partial charge in [-0.05, 0) is 12.1 Å². The third kappa shape index (κ3) is 2.27. The molecule has 1 aliphatic heterocycles. The number of benzene rings is 2. The van der Waals surface area contributed by atoms with E-state index in [9.17, 15) is 15.0 Å². The molecule has 0 radical (unpaired) electrons. The van der Waals surface area contributed by atoms with Crippen molar-refractivity contribution in [1.29, 1.82) is 0 Å². The number of phenolic OH excluding ortho intramolecular Hbond substituents is 2. The summed E-state index contributed by atoms with van der Waals surface area (Å²) in [5.74, 6) is -0.0822. The van der Waals surface area contributed by atoms with Crippen LogP contribution < -0.4 is 10.3 Å². The largest absolute Gasteiger partial charge is 0.508 e. The second-order valence-electron chi connectivity index (χ2n) is 5.55. The van der Waals surface area contributed by atoms with Crippen LogP contribution in [0.3, 0.4) is 0 Å². The maximum Gasteiger partial charge on any atom is 0.204 e. The molecule has 2 heterocycles. The van der Waals surface area contributed by atoms with Crippen molar-refractivity contribution >= 4 is 27.6 Å². The normalized spacial score (nSPS) is 15.4. The van der Waals surface area contributed by atoms with Gasteiger partial charge in [-0.2, -0.15) is 0 Å². The number of nitrogens with zero attached hydrogens (tertiary/aromatic N) is 1. The molecule has 6 nitrogen and oxygen atoms in total. The Kier molecular flexibility index (Phi) is 3.12. The summed E-state index contributed by atoms with van der Waals surface area (Å²) in [5.41, 5.74) is 1.06. The topological polar surface area (TPSA) is 83.1 Å². The smallest absolute Gasteiger partial charge is 0.204 e. The summed E-state index contributed by atoms with van der Waals surface area (Å²) in [6.07, 6.45) is 0. The maximum atomic E-state index is 12.6. The maximum absolute atomic E-state index is 12.6. The van der Waals surface area contributed by atoms with Gasteiger partial charge in [0.2, 0.25) is 5.43 Å². The van der Waals surface area contributed by atoms with Gasteiger partial charge in [0.1, 0.15) is 28.1 Å². The molecule has 0 unspecified atom stereocenters. The molecule has 1 aromatic heterocycles. The molecule has 6 heteroatoms. The van der Waals surface area contributed by atoms with Gasteiger partial charge in [-0.15, -0.1) is 0 Å². The van der Waals surface area contributed by atoms with Crippen LogP contribution >= 0.6 is 0 Å². The average molecular weight is 313 g/mol. The predicted molar refractivity (Wildman–Crippen MR) is 86.4 cm³/mol. The number of ether oxygens (including phenoxy) is 1. The van der Waals surface area contributed by atoms with Crippen molar-refractivity contribution in [2.75, 3.05) is 31.2 Å². The molecule has 0 bridgehead atoms. The Labute approximate surface area is 131 Å². The number of aromatic hydroxyl groups is 2. The molecule has 2 aromatic carbocycles. The molecule has 118 valence electrons. The van der Waals surface area contributed by atoms with E-state index in [1.807, 2.05) is 0 Å². The van der Waals surface area contributed by atoms with Crippen molar-refractivity contribution in [3.8, 4) is 11.5 Å². The fourth-order valence-corrected chi connectivity index (χ4v) is 2.94. The summed E-state index contributed by atoms with van der Waals surface area (Å²) in [6, 6.07) is 7.63. The molecular weight excluding hydrogens is 298 g/mol. The summed E-state index contributed by atoms with van der Waals surface area (Å²) in [5, 5.41) is 20.4. The van der Waals surface area contributed by atoms with Gasteiger partial charge in [0.25, 0.3) is 0 Å². The summed E-state index contributed by atoms with van der Waals surface area (Å²) >= 11 is 0. The van der Waals surface area contributed by atoms with Gasteiger partial charge in [0, 0.05) is 37.0 Å². The Hall–Kier alpha value is -2.73. The first-order valence-electron chi connectivity index (χ1n) is 7.39. The minimum absolute atomic E-state index is 0.0218. The fraction of sp³-hybridized carbons (Fsp3) is 0.235. The standard InChI is InChI=1S/C17H15NO5/c19-11-1-2-12-14(9-11)23-15-8-10(18-3-5-22-6-4-18)7-13(20)16(15)17(12)21/h1-2,7-9,19-20H,3-6H2. The lowest BCUT2D eigenvalue weighted by Crippen LogP contribution is -2.36. The van der Waals surface area contributed by atoms with Crippen LogP contribution in [0.1, 0.15) is 0 Å². The lowest BCUT2D eigenvalue weighted by molar-refractivity contribution is 0.122. The molecule has 1 fully saturated rings. The molecule has 0 spiro atoms. The van der Waals surface area contributed by atoms with Crippen LogP contribution in [0, 0.1) is 0 Å². The first kappa shape index (κ1) is 13.9. The van der Waals surface area contributed by atoms with Crippen LogP contribution in [-0.4, -0.2) is 36.5 Å². The van der Waals surface area contributed by atoms with Crippen LogP contribution in [0.25, 0.3) is 21.9 Å². The lowest BCUT2D eigenvalue weighted by Gasteiger charge is -2.29.